The first-order valence-corrected chi connectivity index (χ1v) is 9.67. The molecule has 1 amide bonds. The lowest BCUT2D eigenvalue weighted by Crippen LogP contribution is -2.43. The van der Waals surface area contributed by atoms with Crippen LogP contribution in [0, 0.1) is 11.8 Å². The molecule has 1 fully saturated rings. The van der Waals surface area contributed by atoms with Gasteiger partial charge in [0.1, 0.15) is 5.78 Å². The van der Waals surface area contributed by atoms with Crippen molar-refractivity contribution in [1.82, 2.24) is 4.90 Å². The molecule has 29 heavy (non-hydrogen) atoms. The van der Waals surface area contributed by atoms with E-state index in [9.17, 15) is 24.6 Å². The van der Waals surface area contributed by atoms with E-state index in [1.807, 2.05) is 60.7 Å². The zero-order valence-corrected chi connectivity index (χ0v) is 16.3. The number of aliphatic hydroxyl groups is 1. The summed E-state index contributed by atoms with van der Waals surface area (Å²) in [5.74, 6) is -3.58. The molecule has 2 N–H and O–H groups in total. The predicted molar refractivity (Wildman–Crippen MR) is 107 cm³/mol. The molecular formula is C23H25NO5. The van der Waals surface area contributed by atoms with Crippen LogP contribution in [0.4, 0.5) is 0 Å². The first-order valence-electron chi connectivity index (χ1n) is 9.67. The molecule has 1 heterocycles. The van der Waals surface area contributed by atoms with Gasteiger partial charge in [-0.15, -0.1) is 0 Å². The molecule has 4 atom stereocenters. The molecule has 6 nitrogen and oxygen atoms in total. The molecule has 0 bridgehead atoms. The van der Waals surface area contributed by atoms with Gasteiger partial charge in [0.05, 0.1) is 5.92 Å². The van der Waals surface area contributed by atoms with Crippen molar-refractivity contribution in [2.45, 2.75) is 38.5 Å². The predicted octanol–water partition coefficient (Wildman–Crippen LogP) is 2.30. The number of carbonyl (C=O) groups excluding carboxylic acids is 2. The highest BCUT2D eigenvalue weighted by Gasteiger charge is 2.52. The highest BCUT2D eigenvalue weighted by Crippen LogP contribution is 2.39. The van der Waals surface area contributed by atoms with Gasteiger partial charge in [-0.05, 0) is 24.5 Å². The summed E-state index contributed by atoms with van der Waals surface area (Å²) < 4.78 is 0. The third kappa shape index (κ3) is 4.71. The van der Waals surface area contributed by atoms with Crippen molar-refractivity contribution in [2.24, 2.45) is 11.8 Å². The number of likely N-dealkylation sites (tertiary alicyclic amines) is 1. The smallest absolute Gasteiger partial charge is 0.332 e. The topological polar surface area (TPSA) is 94.9 Å². The van der Waals surface area contributed by atoms with Crippen LogP contribution in [0.3, 0.4) is 0 Å². The van der Waals surface area contributed by atoms with E-state index in [2.05, 4.69) is 0 Å². The van der Waals surface area contributed by atoms with Crippen molar-refractivity contribution in [1.29, 1.82) is 0 Å². The van der Waals surface area contributed by atoms with E-state index in [1.54, 1.807) is 4.90 Å². The Hall–Kier alpha value is -2.99. The van der Waals surface area contributed by atoms with E-state index in [-0.39, 0.29) is 18.1 Å². The minimum Gasteiger partial charge on any atom is -0.479 e. The Kier molecular flexibility index (Phi) is 6.44. The van der Waals surface area contributed by atoms with Gasteiger partial charge in [0.2, 0.25) is 5.91 Å². The SMILES string of the molecule is CC(=O)CC1C(=O)N(Cc2ccccc2)C(Cc2ccccc2)C1C(O)C(=O)O. The Morgan fingerprint density at radius 3 is 2.07 bits per heavy atom. The van der Waals surface area contributed by atoms with Crippen molar-refractivity contribution in [3.05, 3.63) is 71.8 Å². The normalized spacial score (nSPS) is 22.5. The molecule has 0 aromatic heterocycles. The van der Waals surface area contributed by atoms with E-state index in [1.165, 1.54) is 6.92 Å². The molecule has 1 saturated heterocycles. The van der Waals surface area contributed by atoms with Crippen LogP contribution in [0.25, 0.3) is 0 Å². The number of benzene rings is 2. The fourth-order valence-corrected chi connectivity index (χ4v) is 4.22. The largest absolute Gasteiger partial charge is 0.479 e. The molecule has 0 aliphatic carbocycles. The molecule has 152 valence electrons. The molecule has 3 rings (SSSR count). The lowest BCUT2D eigenvalue weighted by Gasteiger charge is -2.30. The van der Waals surface area contributed by atoms with Gasteiger partial charge < -0.3 is 19.9 Å². The Morgan fingerprint density at radius 2 is 1.55 bits per heavy atom. The summed E-state index contributed by atoms with van der Waals surface area (Å²) in [5, 5.41) is 19.9. The number of carboxylic acid groups (broad SMARTS) is 1. The molecule has 2 aromatic carbocycles. The maximum atomic E-state index is 13.3. The molecule has 1 aliphatic heterocycles. The van der Waals surface area contributed by atoms with E-state index < -0.39 is 30.0 Å². The summed E-state index contributed by atoms with van der Waals surface area (Å²) in [6.45, 7) is 1.68. The number of rotatable bonds is 8. The van der Waals surface area contributed by atoms with Crippen LogP contribution in [0.15, 0.2) is 60.7 Å². The molecule has 0 saturated carbocycles. The Morgan fingerprint density at radius 1 is 1.00 bits per heavy atom. The third-order valence-electron chi connectivity index (χ3n) is 5.52. The second-order valence-corrected chi connectivity index (χ2v) is 7.58. The van der Waals surface area contributed by atoms with E-state index in [0.717, 1.165) is 11.1 Å². The number of aliphatic carboxylic acids is 1. The van der Waals surface area contributed by atoms with Crippen LogP contribution < -0.4 is 0 Å². The van der Waals surface area contributed by atoms with Crippen LogP contribution in [0.5, 0.6) is 0 Å². The summed E-state index contributed by atoms with van der Waals surface area (Å²) in [5.41, 5.74) is 1.85. The van der Waals surface area contributed by atoms with Crippen LogP contribution in [0.2, 0.25) is 0 Å². The van der Waals surface area contributed by atoms with Crippen LogP contribution in [-0.2, 0) is 27.3 Å². The standard InChI is InChI=1S/C23H25NO5/c1-15(25)12-18-20(21(26)23(28)29)19(13-16-8-4-2-5-9-16)24(22(18)27)14-17-10-6-3-7-11-17/h2-11,18-21,26H,12-14H2,1H3,(H,28,29). The minimum absolute atomic E-state index is 0.0789. The van der Waals surface area contributed by atoms with Crippen LogP contribution in [0.1, 0.15) is 24.5 Å². The minimum atomic E-state index is -1.72. The lowest BCUT2D eigenvalue weighted by atomic mass is 9.80. The molecule has 6 heteroatoms. The summed E-state index contributed by atoms with van der Waals surface area (Å²) in [6, 6.07) is 18.4. The molecule has 2 aromatic rings. The van der Waals surface area contributed by atoms with E-state index in [4.69, 9.17) is 0 Å². The quantitative estimate of drug-likeness (QED) is 0.715. The molecule has 1 aliphatic rings. The zero-order chi connectivity index (χ0) is 21.0. The number of amides is 1. The third-order valence-corrected chi connectivity index (χ3v) is 5.52. The summed E-state index contributed by atoms with van der Waals surface area (Å²) >= 11 is 0. The fraction of sp³-hybridized carbons (Fsp3) is 0.348. The first-order chi connectivity index (χ1) is 13.9. The summed E-state index contributed by atoms with van der Waals surface area (Å²) in [4.78, 5) is 38.3. The van der Waals surface area contributed by atoms with E-state index >= 15 is 0 Å². The average Bonchev–Trinajstić information content (AvgIpc) is 2.94. The number of hydrogen-bond acceptors (Lipinski definition) is 4. The number of ketones is 1. The van der Waals surface area contributed by atoms with E-state index in [0.29, 0.717) is 13.0 Å². The second-order valence-electron chi connectivity index (χ2n) is 7.58. The number of hydrogen-bond donors (Lipinski definition) is 2. The van der Waals surface area contributed by atoms with Crippen LogP contribution >= 0.6 is 0 Å². The van der Waals surface area contributed by atoms with Crippen molar-refractivity contribution >= 4 is 17.7 Å². The number of Topliss-reactive ketones (excluding diaryl/α,β-unsaturated/α-hetero) is 1. The average molecular weight is 395 g/mol. The maximum absolute atomic E-state index is 13.3. The number of carbonyl (C=O) groups is 3. The molecule has 0 radical (unpaired) electrons. The highest BCUT2D eigenvalue weighted by molar-refractivity contribution is 5.89. The zero-order valence-electron chi connectivity index (χ0n) is 16.3. The number of aliphatic hydroxyl groups excluding tert-OH is 1. The van der Waals surface area contributed by atoms with Crippen LogP contribution in [-0.4, -0.2) is 44.9 Å². The lowest BCUT2D eigenvalue weighted by molar-refractivity contribution is -0.151. The van der Waals surface area contributed by atoms with Gasteiger partial charge >= 0.3 is 5.97 Å². The van der Waals surface area contributed by atoms with Gasteiger partial charge in [0.15, 0.2) is 6.10 Å². The summed E-state index contributed by atoms with van der Waals surface area (Å²) in [7, 11) is 0. The Labute approximate surface area is 169 Å². The fourth-order valence-electron chi connectivity index (χ4n) is 4.22. The van der Waals surface area contributed by atoms with Crippen molar-refractivity contribution in [3.8, 4) is 0 Å². The van der Waals surface area contributed by atoms with Gasteiger partial charge in [0.25, 0.3) is 0 Å². The van der Waals surface area contributed by atoms with Gasteiger partial charge in [-0.1, -0.05) is 60.7 Å². The van der Waals surface area contributed by atoms with Crippen molar-refractivity contribution < 1.29 is 24.6 Å². The highest BCUT2D eigenvalue weighted by atomic mass is 16.4. The molecule has 4 unspecified atom stereocenters. The summed E-state index contributed by atoms with van der Waals surface area (Å²) in [6.07, 6.45) is -1.40. The van der Waals surface area contributed by atoms with Crippen molar-refractivity contribution in [2.75, 3.05) is 0 Å². The first kappa shape index (κ1) is 20.7. The van der Waals surface area contributed by atoms with Crippen molar-refractivity contribution in [3.63, 3.8) is 0 Å². The molecular weight excluding hydrogens is 370 g/mol. The number of nitrogens with zero attached hydrogens (tertiary/aromatic N) is 1. The second kappa shape index (κ2) is 9.01. The maximum Gasteiger partial charge on any atom is 0.332 e. The Balaban J connectivity index is 2.01. The Bertz CT molecular complexity index is 867. The molecule has 0 spiro atoms. The number of carboxylic acids is 1. The van der Waals surface area contributed by atoms with Gasteiger partial charge in [-0.25, -0.2) is 4.79 Å². The van der Waals surface area contributed by atoms with Gasteiger partial charge in [0, 0.05) is 24.9 Å². The van der Waals surface area contributed by atoms with Gasteiger partial charge in [-0.2, -0.15) is 0 Å². The monoisotopic (exact) mass is 395 g/mol. The van der Waals surface area contributed by atoms with Gasteiger partial charge in [-0.3, -0.25) is 4.79 Å².